The average molecular weight is 493 g/mol. The number of ether oxygens (including phenoxy) is 1. The largest absolute Gasteiger partial charge is 0.460 e. The van der Waals surface area contributed by atoms with Crippen molar-refractivity contribution in [3.8, 4) is 0 Å². The van der Waals surface area contributed by atoms with Crippen LogP contribution in [0, 0.1) is 0 Å². The summed E-state index contributed by atoms with van der Waals surface area (Å²) < 4.78 is 7.14. The third-order valence-electron chi connectivity index (χ3n) is 3.69. The predicted molar refractivity (Wildman–Crippen MR) is 120 cm³/mol. The van der Waals surface area contributed by atoms with Gasteiger partial charge in [-0.2, -0.15) is 5.10 Å². The molecule has 0 bridgehead atoms. The first-order valence-electron chi connectivity index (χ1n) is 9.52. The number of nitrogens with one attached hydrogen (secondary N) is 2. The van der Waals surface area contributed by atoms with Gasteiger partial charge in [0.2, 0.25) is 0 Å². The van der Waals surface area contributed by atoms with Crippen LogP contribution in [0.25, 0.3) is 0 Å². The van der Waals surface area contributed by atoms with Crippen LogP contribution in [0.5, 0.6) is 0 Å². The van der Waals surface area contributed by atoms with E-state index in [-0.39, 0.29) is 29.9 Å². The minimum Gasteiger partial charge on any atom is -0.460 e. The zero-order valence-corrected chi connectivity index (χ0v) is 19.7. The molecule has 0 aliphatic rings. The molecule has 0 aliphatic carbocycles. The smallest absolute Gasteiger partial charge is 0.306 e. The number of esters is 1. The molecule has 0 atom stereocenters. The molecule has 27 heavy (non-hydrogen) atoms. The number of guanidine groups is 1. The Bertz CT molecular complexity index is 567. The van der Waals surface area contributed by atoms with Crippen molar-refractivity contribution in [2.45, 2.75) is 71.9 Å². The summed E-state index contributed by atoms with van der Waals surface area (Å²) in [6.07, 6.45) is 6.32. The highest BCUT2D eigenvalue weighted by atomic mass is 127. The fraction of sp³-hybridized carbons (Fsp3) is 0.737. The van der Waals surface area contributed by atoms with Crippen molar-refractivity contribution >= 4 is 35.9 Å². The average Bonchev–Trinajstić information content (AvgIpc) is 2.95. The number of halogens is 1. The van der Waals surface area contributed by atoms with Gasteiger partial charge in [-0.1, -0.05) is 12.8 Å². The lowest BCUT2D eigenvalue weighted by Crippen LogP contribution is -2.37. The van der Waals surface area contributed by atoms with Crippen molar-refractivity contribution in [2.24, 2.45) is 12.0 Å². The minimum absolute atomic E-state index is 0. The molecule has 2 N–H and O–H groups in total. The van der Waals surface area contributed by atoms with E-state index < -0.39 is 5.60 Å². The Hall–Kier alpha value is -1.32. The summed E-state index contributed by atoms with van der Waals surface area (Å²) in [7, 11) is 1.92. The van der Waals surface area contributed by atoms with Gasteiger partial charge in [0.1, 0.15) is 5.60 Å². The second kappa shape index (κ2) is 13.8. The van der Waals surface area contributed by atoms with Crippen LogP contribution in [0.1, 0.15) is 65.5 Å². The van der Waals surface area contributed by atoms with Gasteiger partial charge in [0.15, 0.2) is 5.96 Å². The van der Waals surface area contributed by atoms with Crippen LogP contribution in [-0.2, 0) is 23.1 Å². The fourth-order valence-corrected chi connectivity index (χ4v) is 2.41. The maximum Gasteiger partial charge on any atom is 0.306 e. The number of aromatic nitrogens is 2. The molecular weight excluding hydrogens is 457 g/mol. The van der Waals surface area contributed by atoms with Crippen LogP contribution in [0.4, 0.5) is 0 Å². The lowest BCUT2D eigenvalue weighted by molar-refractivity contribution is -0.154. The van der Waals surface area contributed by atoms with Gasteiger partial charge in [-0.3, -0.25) is 9.48 Å². The molecule has 0 radical (unpaired) electrons. The number of hydrogen-bond donors (Lipinski definition) is 2. The van der Waals surface area contributed by atoms with Crippen molar-refractivity contribution in [3.05, 3.63) is 18.0 Å². The summed E-state index contributed by atoms with van der Waals surface area (Å²) in [6, 6.07) is 1.97. The van der Waals surface area contributed by atoms with Crippen LogP contribution < -0.4 is 10.6 Å². The Balaban J connectivity index is 0.00000676. The molecule has 0 fully saturated rings. The number of aryl methyl sites for hydroxylation is 1. The molecule has 0 amide bonds. The number of nitrogens with zero attached hydrogens (tertiary/aromatic N) is 3. The Morgan fingerprint density at radius 2 is 1.93 bits per heavy atom. The van der Waals surface area contributed by atoms with E-state index in [1.54, 1.807) is 6.20 Å². The zero-order valence-electron chi connectivity index (χ0n) is 17.4. The molecule has 1 rings (SSSR count). The molecule has 0 saturated carbocycles. The molecule has 0 aromatic carbocycles. The van der Waals surface area contributed by atoms with Crippen LogP contribution in [0.15, 0.2) is 17.3 Å². The summed E-state index contributed by atoms with van der Waals surface area (Å²) in [6.45, 7) is 10.0. The van der Waals surface area contributed by atoms with Crippen molar-refractivity contribution in [2.75, 3.05) is 13.1 Å². The second-order valence-electron chi connectivity index (χ2n) is 7.32. The van der Waals surface area contributed by atoms with Gasteiger partial charge in [0.25, 0.3) is 0 Å². The Kier molecular flexibility index (Phi) is 13.1. The van der Waals surface area contributed by atoms with Crippen LogP contribution in [0.3, 0.4) is 0 Å². The molecule has 156 valence electrons. The minimum atomic E-state index is -0.390. The van der Waals surface area contributed by atoms with Gasteiger partial charge in [-0.25, -0.2) is 4.99 Å². The first-order chi connectivity index (χ1) is 12.3. The highest BCUT2D eigenvalue weighted by Gasteiger charge is 2.15. The maximum atomic E-state index is 11.6. The summed E-state index contributed by atoms with van der Waals surface area (Å²) in [4.78, 5) is 16.2. The third-order valence-corrected chi connectivity index (χ3v) is 3.69. The van der Waals surface area contributed by atoms with E-state index in [4.69, 9.17) is 4.74 Å². The molecule has 7 nitrogen and oxygen atoms in total. The highest BCUT2D eigenvalue weighted by Crippen LogP contribution is 2.11. The van der Waals surface area contributed by atoms with Crippen molar-refractivity contribution in [1.29, 1.82) is 0 Å². The lowest BCUT2D eigenvalue weighted by Gasteiger charge is -2.19. The molecule has 0 saturated heterocycles. The van der Waals surface area contributed by atoms with Crippen LogP contribution >= 0.6 is 24.0 Å². The standard InChI is InChI=1S/C19H35N5O2.HI/c1-6-20-18(22-15-16-12-14-23-24(16)5)21-13-10-8-7-9-11-17(25)26-19(2,3)4;/h12,14H,6-11,13,15H2,1-5H3,(H2,20,21,22);1H. The number of unbranched alkanes of at least 4 members (excludes halogenated alkanes) is 3. The molecule has 1 heterocycles. The van der Waals surface area contributed by atoms with E-state index in [2.05, 4.69) is 27.6 Å². The van der Waals surface area contributed by atoms with E-state index in [1.807, 2.05) is 38.6 Å². The fourth-order valence-electron chi connectivity index (χ4n) is 2.41. The molecule has 1 aromatic heterocycles. The molecule has 8 heteroatoms. The predicted octanol–water partition coefficient (Wildman–Crippen LogP) is 3.39. The second-order valence-corrected chi connectivity index (χ2v) is 7.32. The first-order valence-corrected chi connectivity index (χ1v) is 9.52. The first kappa shape index (κ1) is 25.7. The van der Waals surface area contributed by atoms with Gasteiger partial charge < -0.3 is 15.4 Å². The van der Waals surface area contributed by atoms with E-state index in [0.717, 1.165) is 50.4 Å². The third kappa shape index (κ3) is 12.6. The quantitative estimate of drug-likeness (QED) is 0.172. The maximum absolute atomic E-state index is 11.6. The SMILES string of the molecule is CCNC(=NCc1ccnn1C)NCCCCCCC(=O)OC(C)(C)C.I. The van der Waals surface area contributed by atoms with E-state index >= 15 is 0 Å². The number of carbonyl (C=O) groups is 1. The van der Waals surface area contributed by atoms with Crippen molar-refractivity contribution < 1.29 is 9.53 Å². The monoisotopic (exact) mass is 493 g/mol. The molecular formula is C19H36IN5O2. The molecule has 1 aromatic rings. The Morgan fingerprint density at radius 1 is 1.22 bits per heavy atom. The lowest BCUT2D eigenvalue weighted by atomic mass is 10.1. The van der Waals surface area contributed by atoms with Gasteiger partial charge in [0, 0.05) is 32.8 Å². The number of hydrogen-bond acceptors (Lipinski definition) is 4. The summed E-state index contributed by atoms with van der Waals surface area (Å²) in [5, 5.41) is 10.8. The van der Waals surface area contributed by atoms with Crippen LogP contribution in [-0.4, -0.2) is 40.4 Å². The Morgan fingerprint density at radius 3 is 2.52 bits per heavy atom. The van der Waals surface area contributed by atoms with Gasteiger partial charge in [-0.05, 0) is 46.6 Å². The van der Waals surface area contributed by atoms with E-state index in [1.165, 1.54) is 0 Å². The Labute approximate surface area is 180 Å². The number of carbonyl (C=O) groups excluding carboxylic acids is 1. The van der Waals surface area contributed by atoms with Crippen molar-refractivity contribution in [3.63, 3.8) is 0 Å². The summed E-state index contributed by atoms with van der Waals surface area (Å²) in [5.74, 6) is 0.717. The molecule has 0 aliphatic heterocycles. The number of rotatable bonds is 10. The van der Waals surface area contributed by atoms with Crippen molar-refractivity contribution in [1.82, 2.24) is 20.4 Å². The van der Waals surface area contributed by atoms with Gasteiger partial charge in [0.05, 0.1) is 12.2 Å². The summed E-state index contributed by atoms with van der Waals surface area (Å²) >= 11 is 0. The number of aliphatic imine (C=N–C) groups is 1. The highest BCUT2D eigenvalue weighted by molar-refractivity contribution is 14.0. The van der Waals surface area contributed by atoms with Gasteiger partial charge in [-0.15, -0.1) is 24.0 Å². The van der Waals surface area contributed by atoms with E-state index in [9.17, 15) is 4.79 Å². The normalized spacial score (nSPS) is 11.7. The molecule has 0 spiro atoms. The van der Waals surface area contributed by atoms with E-state index in [0.29, 0.717) is 13.0 Å². The zero-order chi connectivity index (χ0) is 19.4. The summed E-state index contributed by atoms with van der Waals surface area (Å²) in [5.41, 5.74) is 0.683. The topological polar surface area (TPSA) is 80.5 Å². The van der Waals surface area contributed by atoms with Gasteiger partial charge >= 0.3 is 5.97 Å². The molecule has 0 unspecified atom stereocenters. The van der Waals surface area contributed by atoms with Crippen LogP contribution in [0.2, 0.25) is 0 Å².